The van der Waals surface area contributed by atoms with Gasteiger partial charge in [0.1, 0.15) is 11.5 Å². The van der Waals surface area contributed by atoms with Crippen LogP contribution in [0.2, 0.25) is 0 Å². The van der Waals surface area contributed by atoms with Crippen molar-refractivity contribution in [3.05, 3.63) is 23.9 Å². The quantitative estimate of drug-likeness (QED) is 0.788. The maximum Gasteiger partial charge on any atom is 0.433 e. The Bertz CT molecular complexity index is 366. The Labute approximate surface area is 107 Å². The monoisotopic (exact) mass is 310 g/mol. The van der Waals surface area contributed by atoms with Crippen LogP contribution in [0, 0.1) is 0 Å². The second-order valence-electron chi connectivity index (χ2n) is 3.85. The number of aromatic nitrogens is 1. The van der Waals surface area contributed by atoms with Crippen molar-refractivity contribution in [3.8, 4) is 0 Å². The highest BCUT2D eigenvalue weighted by atomic mass is 79.9. The van der Waals surface area contributed by atoms with E-state index in [1.165, 1.54) is 6.07 Å². The predicted molar refractivity (Wildman–Crippen MR) is 65.5 cm³/mol. The fourth-order valence-electron chi connectivity index (χ4n) is 1.47. The zero-order valence-electron chi connectivity index (χ0n) is 9.63. The van der Waals surface area contributed by atoms with Crippen LogP contribution in [0.4, 0.5) is 19.0 Å². The van der Waals surface area contributed by atoms with Crippen molar-refractivity contribution in [1.82, 2.24) is 4.98 Å². The van der Waals surface area contributed by atoms with Gasteiger partial charge >= 0.3 is 6.18 Å². The third-order valence-corrected chi connectivity index (χ3v) is 2.62. The van der Waals surface area contributed by atoms with Crippen LogP contribution in [-0.4, -0.2) is 22.9 Å². The Hall–Kier alpha value is -0.780. The van der Waals surface area contributed by atoms with Crippen molar-refractivity contribution < 1.29 is 13.2 Å². The second kappa shape index (κ2) is 5.71. The second-order valence-corrected chi connectivity index (χ2v) is 4.65. The van der Waals surface area contributed by atoms with Crippen molar-refractivity contribution in [2.75, 3.05) is 16.8 Å². The van der Waals surface area contributed by atoms with Crippen LogP contribution in [0.3, 0.4) is 0 Å². The summed E-state index contributed by atoms with van der Waals surface area (Å²) in [6, 6.07) is 4.06. The topological polar surface area (TPSA) is 16.1 Å². The fourth-order valence-corrected chi connectivity index (χ4v) is 1.85. The number of halogens is 4. The van der Waals surface area contributed by atoms with Crippen molar-refractivity contribution in [2.45, 2.75) is 26.1 Å². The summed E-state index contributed by atoms with van der Waals surface area (Å²) in [6.07, 6.45) is -4.40. The minimum Gasteiger partial charge on any atom is -0.353 e. The first kappa shape index (κ1) is 14.3. The molecule has 0 saturated carbocycles. The van der Waals surface area contributed by atoms with Gasteiger partial charge < -0.3 is 4.90 Å². The highest BCUT2D eigenvalue weighted by molar-refractivity contribution is 9.09. The SMILES string of the molecule is CC(C)N(CCBr)c1cccc(C(F)(F)F)n1. The van der Waals surface area contributed by atoms with Crippen LogP contribution in [0.25, 0.3) is 0 Å². The molecular weight excluding hydrogens is 297 g/mol. The van der Waals surface area contributed by atoms with Gasteiger partial charge in [-0.1, -0.05) is 22.0 Å². The van der Waals surface area contributed by atoms with Crippen LogP contribution in [0.5, 0.6) is 0 Å². The van der Waals surface area contributed by atoms with Gasteiger partial charge in [-0.05, 0) is 26.0 Å². The van der Waals surface area contributed by atoms with Gasteiger partial charge in [0.2, 0.25) is 0 Å². The fraction of sp³-hybridized carbons (Fsp3) is 0.545. The van der Waals surface area contributed by atoms with Crippen molar-refractivity contribution in [2.24, 2.45) is 0 Å². The Morgan fingerprint density at radius 3 is 2.47 bits per heavy atom. The van der Waals surface area contributed by atoms with Gasteiger partial charge in [-0.3, -0.25) is 0 Å². The largest absolute Gasteiger partial charge is 0.433 e. The average molecular weight is 311 g/mol. The molecule has 1 aromatic heterocycles. The third-order valence-electron chi connectivity index (χ3n) is 2.27. The van der Waals surface area contributed by atoms with Crippen molar-refractivity contribution >= 4 is 21.7 Å². The maximum atomic E-state index is 12.5. The molecule has 0 radical (unpaired) electrons. The van der Waals surface area contributed by atoms with E-state index in [0.29, 0.717) is 17.7 Å². The summed E-state index contributed by atoms with van der Waals surface area (Å²) in [7, 11) is 0. The Kier molecular flexibility index (Phi) is 4.80. The van der Waals surface area contributed by atoms with Gasteiger partial charge in [0.25, 0.3) is 0 Å². The number of alkyl halides is 4. The summed E-state index contributed by atoms with van der Waals surface area (Å²) in [4.78, 5) is 5.49. The molecule has 1 rings (SSSR count). The molecule has 0 aliphatic heterocycles. The van der Waals surface area contributed by atoms with Gasteiger partial charge in [-0.2, -0.15) is 13.2 Å². The molecule has 0 atom stereocenters. The molecule has 0 N–H and O–H groups in total. The first-order chi connectivity index (χ1) is 7.86. The highest BCUT2D eigenvalue weighted by Crippen LogP contribution is 2.29. The molecule has 0 saturated heterocycles. The zero-order chi connectivity index (χ0) is 13.1. The molecule has 0 aliphatic rings. The Morgan fingerprint density at radius 2 is 2.00 bits per heavy atom. The minimum atomic E-state index is -4.40. The summed E-state index contributed by atoms with van der Waals surface area (Å²) in [5, 5.41) is 0.684. The van der Waals surface area contributed by atoms with Crippen LogP contribution < -0.4 is 4.90 Å². The third kappa shape index (κ3) is 3.87. The van der Waals surface area contributed by atoms with E-state index >= 15 is 0 Å². The van der Waals surface area contributed by atoms with Crippen molar-refractivity contribution in [3.63, 3.8) is 0 Å². The van der Waals surface area contributed by atoms with E-state index in [4.69, 9.17) is 0 Å². The van der Waals surface area contributed by atoms with Crippen LogP contribution >= 0.6 is 15.9 Å². The molecule has 17 heavy (non-hydrogen) atoms. The molecule has 96 valence electrons. The first-order valence-electron chi connectivity index (χ1n) is 5.23. The van der Waals surface area contributed by atoms with E-state index in [2.05, 4.69) is 20.9 Å². The van der Waals surface area contributed by atoms with Gasteiger partial charge in [0.15, 0.2) is 0 Å². The predicted octanol–water partition coefficient (Wildman–Crippen LogP) is 3.71. The van der Waals surface area contributed by atoms with E-state index in [9.17, 15) is 13.2 Å². The van der Waals surface area contributed by atoms with Crippen molar-refractivity contribution in [1.29, 1.82) is 0 Å². The molecule has 0 aromatic carbocycles. The summed E-state index contributed by atoms with van der Waals surface area (Å²) >= 11 is 3.28. The van der Waals surface area contributed by atoms with E-state index in [1.54, 1.807) is 6.07 Å². The molecular formula is C11H14BrF3N2. The lowest BCUT2D eigenvalue weighted by Gasteiger charge is -2.27. The van der Waals surface area contributed by atoms with E-state index in [0.717, 1.165) is 6.07 Å². The summed E-state index contributed by atoms with van der Waals surface area (Å²) in [6.45, 7) is 4.46. The summed E-state index contributed by atoms with van der Waals surface area (Å²) in [5.74, 6) is 0.356. The molecule has 0 bridgehead atoms. The molecule has 0 amide bonds. The molecule has 6 heteroatoms. The molecule has 2 nitrogen and oxygen atoms in total. The molecule has 0 unspecified atom stereocenters. The summed E-state index contributed by atoms with van der Waals surface area (Å²) in [5.41, 5.74) is -0.852. The lowest BCUT2D eigenvalue weighted by atomic mass is 10.3. The molecule has 0 aliphatic carbocycles. The van der Waals surface area contributed by atoms with Crippen LogP contribution in [0.15, 0.2) is 18.2 Å². The standard InChI is InChI=1S/C11H14BrF3N2/c1-8(2)17(7-6-12)10-5-3-4-9(16-10)11(13,14)15/h3-5,8H,6-7H2,1-2H3. The first-order valence-corrected chi connectivity index (χ1v) is 6.35. The molecule has 0 spiro atoms. The number of anilines is 1. The lowest BCUT2D eigenvalue weighted by Crippen LogP contribution is -2.33. The van der Waals surface area contributed by atoms with E-state index < -0.39 is 11.9 Å². The number of pyridine rings is 1. The average Bonchev–Trinajstić information content (AvgIpc) is 2.24. The smallest absolute Gasteiger partial charge is 0.353 e. The molecule has 1 aromatic rings. The van der Waals surface area contributed by atoms with E-state index in [-0.39, 0.29) is 6.04 Å². The van der Waals surface area contributed by atoms with Gasteiger partial charge in [-0.15, -0.1) is 0 Å². The zero-order valence-corrected chi connectivity index (χ0v) is 11.2. The maximum absolute atomic E-state index is 12.5. The molecule has 0 fully saturated rings. The Balaban J connectivity index is 3.04. The minimum absolute atomic E-state index is 0.100. The summed E-state index contributed by atoms with van der Waals surface area (Å²) < 4.78 is 37.6. The normalized spacial score (nSPS) is 11.9. The van der Waals surface area contributed by atoms with Gasteiger partial charge in [0.05, 0.1) is 0 Å². The molecule has 1 heterocycles. The van der Waals surface area contributed by atoms with E-state index in [1.807, 2.05) is 18.7 Å². The van der Waals surface area contributed by atoms with Crippen LogP contribution in [-0.2, 0) is 6.18 Å². The number of rotatable bonds is 4. The van der Waals surface area contributed by atoms with Gasteiger partial charge in [-0.25, -0.2) is 4.98 Å². The number of hydrogen-bond acceptors (Lipinski definition) is 2. The number of nitrogens with zero attached hydrogens (tertiary/aromatic N) is 2. The number of hydrogen-bond donors (Lipinski definition) is 0. The van der Waals surface area contributed by atoms with Gasteiger partial charge in [0, 0.05) is 17.9 Å². The Morgan fingerprint density at radius 1 is 1.35 bits per heavy atom. The lowest BCUT2D eigenvalue weighted by molar-refractivity contribution is -0.141. The highest BCUT2D eigenvalue weighted by Gasteiger charge is 2.32. The van der Waals surface area contributed by atoms with Crippen LogP contribution in [0.1, 0.15) is 19.5 Å².